The average molecular weight is 506 g/mol. The van der Waals surface area contributed by atoms with Gasteiger partial charge in [-0.1, -0.05) is 30.3 Å². The number of hydrogen-bond acceptors (Lipinski definition) is 5. The predicted molar refractivity (Wildman–Crippen MR) is 140 cm³/mol. The summed E-state index contributed by atoms with van der Waals surface area (Å²) >= 11 is 1.43. The highest BCUT2D eigenvalue weighted by atomic mass is 32.3. The van der Waals surface area contributed by atoms with Crippen molar-refractivity contribution in [3.05, 3.63) is 88.6 Å². The van der Waals surface area contributed by atoms with Gasteiger partial charge in [-0.3, -0.25) is 9.78 Å². The Hall–Kier alpha value is -3.40. The first-order valence-electron chi connectivity index (χ1n) is 11.2. The highest BCUT2D eigenvalue weighted by Gasteiger charge is 2.43. The fraction of sp³-hybridized carbons (Fsp3) is 0.192. The number of fused-ring (bicyclic) bond motifs is 1. The molecule has 0 fully saturated rings. The van der Waals surface area contributed by atoms with E-state index in [1.54, 1.807) is 34.9 Å². The normalized spacial score (nSPS) is 14.4. The molecule has 2 aromatic heterocycles. The van der Waals surface area contributed by atoms with Crippen LogP contribution in [0.3, 0.4) is 0 Å². The summed E-state index contributed by atoms with van der Waals surface area (Å²) in [5, 5.41) is 3.43. The zero-order valence-electron chi connectivity index (χ0n) is 19.4. The third-order valence-corrected chi connectivity index (χ3v) is 8.91. The first-order chi connectivity index (χ1) is 16.8. The molecule has 0 saturated carbocycles. The van der Waals surface area contributed by atoms with Crippen LogP contribution in [0, 0.1) is 13.8 Å². The van der Waals surface area contributed by atoms with Crippen molar-refractivity contribution < 1.29 is 13.6 Å². The predicted octanol–water partition coefficient (Wildman–Crippen LogP) is 5.31. The number of benzene rings is 2. The standard InChI is InChI=1S/C26H24N4O3S2/c1-17-6-3-4-8-23(17)35(32,33)30-13-11-20-15-21(9-10-22(20)30)25-18(2)34-26(29-25)28-24(31)14-19-7-5-12-27-16-19/h3-10,12,15-16H,11,13-14H2,1-2H3,(H-,28,29,31,32,33)/p+1. The number of thiazole rings is 1. The number of nitrogens with zero attached hydrogens (tertiary/aromatic N) is 3. The molecule has 9 heteroatoms. The van der Waals surface area contributed by atoms with Crippen LogP contribution in [0.5, 0.6) is 0 Å². The van der Waals surface area contributed by atoms with Crippen molar-refractivity contribution in [2.24, 2.45) is 0 Å². The molecule has 3 heterocycles. The summed E-state index contributed by atoms with van der Waals surface area (Å²) in [7, 11) is -3.39. The molecule has 1 aliphatic heterocycles. The second-order valence-corrected chi connectivity index (χ2v) is 11.5. The number of pyridine rings is 1. The molecule has 2 aromatic carbocycles. The SMILES string of the molecule is Cc1ccccc1[S+](=O)(O)N1CCc2cc(-c3nc(NC(=O)Cc4cccnc4)sc3C)ccc21. The average Bonchev–Trinajstić information content (AvgIpc) is 3.42. The minimum atomic E-state index is -3.39. The van der Waals surface area contributed by atoms with Crippen LogP contribution < -0.4 is 9.62 Å². The van der Waals surface area contributed by atoms with E-state index in [0.717, 1.165) is 38.5 Å². The van der Waals surface area contributed by atoms with Gasteiger partial charge in [0.15, 0.2) is 5.13 Å². The van der Waals surface area contributed by atoms with Gasteiger partial charge in [-0.15, -0.1) is 11.3 Å². The molecule has 1 unspecified atom stereocenters. The number of hydrogen-bond donors (Lipinski definition) is 2. The van der Waals surface area contributed by atoms with E-state index in [-0.39, 0.29) is 12.3 Å². The lowest BCUT2D eigenvalue weighted by atomic mass is 10.1. The third-order valence-electron chi connectivity index (χ3n) is 6.02. The van der Waals surface area contributed by atoms with Crippen molar-refractivity contribution in [1.82, 2.24) is 9.97 Å². The van der Waals surface area contributed by atoms with Crippen LogP contribution >= 0.6 is 11.3 Å². The third kappa shape index (κ3) is 4.62. The van der Waals surface area contributed by atoms with E-state index in [2.05, 4.69) is 15.3 Å². The highest BCUT2D eigenvalue weighted by molar-refractivity contribution is 7.99. The lowest BCUT2D eigenvalue weighted by molar-refractivity contribution is -0.115. The number of carbonyl (C=O) groups is 1. The molecule has 1 aliphatic rings. The number of amides is 1. The second kappa shape index (κ2) is 9.33. The summed E-state index contributed by atoms with van der Waals surface area (Å²) in [6, 6.07) is 16.7. The zero-order valence-corrected chi connectivity index (χ0v) is 21.0. The van der Waals surface area contributed by atoms with E-state index in [9.17, 15) is 13.6 Å². The van der Waals surface area contributed by atoms with Crippen LogP contribution in [-0.4, -0.2) is 27.0 Å². The first-order valence-corrected chi connectivity index (χ1v) is 13.5. The van der Waals surface area contributed by atoms with Gasteiger partial charge in [0.2, 0.25) is 10.8 Å². The first kappa shape index (κ1) is 23.3. The van der Waals surface area contributed by atoms with Crippen molar-refractivity contribution in [2.45, 2.75) is 31.6 Å². The number of aryl methyl sites for hydroxylation is 2. The molecule has 0 radical (unpaired) electrons. The van der Waals surface area contributed by atoms with Gasteiger partial charge in [-0.25, -0.2) is 4.98 Å². The minimum Gasteiger partial charge on any atom is -0.302 e. The molecular formula is C26H25N4O3S2+. The van der Waals surface area contributed by atoms with Crippen LogP contribution in [0.25, 0.3) is 11.3 Å². The zero-order chi connectivity index (χ0) is 24.6. The van der Waals surface area contributed by atoms with Crippen LogP contribution in [0.4, 0.5) is 10.8 Å². The van der Waals surface area contributed by atoms with E-state index in [1.165, 1.54) is 11.3 Å². The number of rotatable bonds is 6. The molecule has 0 aliphatic carbocycles. The maximum atomic E-state index is 13.4. The van der Waals surface area contributed by atoms with Gasteiger partial charge in [-0.2, -0.15) is 8.86 Å². The van der Waals surface area contributed by atoms with Gasteiger partial charge in [0.05, 0.1) is 24.3 Å². The summed E-state index contributed by atoms with van der Waals surface area (Å²) in [6.45, 7) is 4.29. The highest BCUT2D eigenvalue weighted by Crippen LogP contribution is 2.39. The summed E-state index contributed by atoms with van der Waals surface area (Å²) < 4.78 is 26.1. The lowest BCUT2D eigenvalue weighted by Gasteiger charge is -2.18. The quantitative estimate of drug-likeness (QED) is 0.346. The Labute approximate surface area is 209 Å². The summed E-state index contributed by atoms with van der Waals surface area (Å²) in [5.74, 6) is -0.142. The fourth-order valence-corrected chi connectivity index (χ4v) is 6.93. The van der Waals surface area contributed by atoms with E-state index in [4.69, 9.17) is 0 Å². The molecule has 1 amide bonds. The Bertz CT molecular complexity index is 1450. The summed E-state index contributed by atoms with van der Waals surface area (Å²) in [6.07, 6.45) is 4.26. The molecule has 178 valence electrons. The fourth-order valence-electron chi connectivity index (χ4n) is 4.32. The molecular weight excluding hydrogens is 480 g/mol. The molecule has 4 aromatic rings. The number of carbonyl (C=O) groups excluding carboxylic acids is 1. The minimum absolute atomic E-state index is 0.142. The van der Waals surface area contributed by atoms with E-state index in [1.807, 2.05) is 50.2 Å². The summed E-state index contributed by atoms with van der Waals surface area (Å²) in [4.78, 5) is 22.6. The maximum Gasteiger partial charge on any atom is 0.348 e. The summed E-state index contributed by atoms with van der Waals surface area (Å²) in [5.41, 5.74) is 5.13. The van der Waals surface area contributed by atoms with Gasteiger partial charge >= 0.3 is 10.4 Å². The lowest BCUT2D eigenvalue weighted by Crippen LogP contribution is -2.35. The van der Waals surface area contributed by atoms with Crippen LogP contribution in [0.15, 0.2) is 71.9 Å². The van der Waals surface area contributed by atoms with Crippen molar-refractivity contribution in [1.29, 1.82) is 0 Å². The van der Waals surface area contributed by atoms with E-state index < -0.39 is 10.4 Å². The Morgan fingerprint density at radius 1 is 1.17 bits per heavy atom. The van der Waals surface area contributed by atoms with E-state index in [0.29, 0.717) is 23.0 Å². The van der Waals surface area contributed by atoms with Crippen LogP contribution in [0.2, 0.25) is 0 Å². The molecule has 2 N–H and O–H groups in total. The van der Waals surface area contributed by atoms with Crippen LogP contribution in [-0.2, 0) is 32.2 Å². The van der Waals surface area contributed by atoms with Gasteiger partial charge in [0, 0.05) is 28.4 Å². The van der Waals surface area contributed by atoms with Gasteiger partial charge in [0.25, 0.3) is 0 Å². The Balaban J connectivity index is 1.37. The van der Waals surface area contributed by atoms with Crippen molar-refractivity contribution in [3.8, 4) is 11.3 Å². The smallest absolute Gasteiger partial charge is 0.302 e. The van der Waals surface area contributed by atoms with Gasteiger partial charge < -0.3 is 5.32 Å². The molecule has 7 nitrogen and oxygen atoms in total. The molecule has 0 bridgehead atoms. The Morgan fingerprint density at radius 3 is 2.77 bits per heavy atom. The Kier molecular flexibility index (Phi) is 6.22. The van der Waals surface area contributed by atoms with Crippen molar-refractivity contribution >= 4 is 38.5 Å². The number of nitrogens with one attached hydrogen (secondary N) is 1. The molecule has 0 spiro atoms. The van der Waals surface area contributed by atoms with Crippen LogP contribution in [0.1, 0.15) is 21.6 Å². The maximum absolute atomic E-state index is 13.4. The molecule has 5 rings (SSSR count). The molecule has 0 saturated heterocycles. The molecule has 35 heavy (non-hydrogen) atoms. The van der Waals surface area contributed by atoms with Crippen molar-refractivity contribution in [3.63, 3.8) is 0 Å². The van der Waals surface area contributed by atoms with E-state index >= 15 is 0 Å². The number of aromatic nitrogens is 2. The topological polar surface area (TPSA) is 95.4 Å². The van der Waals surface area contributed by atoms with Gasteiger partial charge in [0.1, 0.15) is 0 Å². The largest absolute Gasteiger partial charge is 0.348 e. The van der Waals surface area contributed by atoms with Crippen molar-refractivity contribution in [2.75, 3.05) is 16.2 Å². The Morgan fingerprint density at radius 2 is 2.00 bits per heavy atom. The molecule has 1 atom stereocenters. The van der Waals surface area contributed by atoms with Gasteiger partial charge in [-0.05, 0) is 59.9 Å². The monoisotopic (exact) mass is 505 g/mol. The second-order valence-electron chi connectivity index (χ2n) is 8.47. The number of anilines is 2.